The monoisotopic (exact) mass is 192 g/mol. The number of hydrogen-bond acceptors (Lipinski definition) is 2. The zero-order valence-corrected chi connectivity index (χ0v) is 8.25. The summed E-state index contributed by atoms with van der Waals surface area (Å²) in [7, 11) is 0. The largest absolute Gasteiger partial charge is 0.494 e. The fraction of sp³-hybridized carbons (Fsp3) is 0.364. The van der Waals surface area contributed by atoms with Gasteiger partial charge in [-0.05, 0) is 24.6 Å². The summed E-state index contributed by atoms with van der Waals surface area (Å²) in [6.45, 7) is 2.75. The normalized spacial score (nSPS) is 9.79. The van der Waals surface area contributed by atoms with Gasteiger partial charge in [0.1, 0.15) is 5.75 Å². The van der Waals surface area contributed by atoms with Crippen molar-refractivity contribution in [3.8, 4) is 5.75 Å². The number of benzene rings is 1. The summed E-state index contributed by atoms with van der Waals surface area (Å²) in [4.78, 5) is 10.7. The summed E-state index contributed by atoms with van der Waals surface area (Å²) >= 11 is 0. The average Bonchev–Trinajstić information content (AvgIpc) is 2.19. The first-order chi connectivity index (χ1) is 6.74. The van der Waals surface area contributed by atoms with Crippen LogP contribution in [0.4, 0.5) is 0 Å². The molecule has 1 amide bonds. The predicted octanol–water partition coefficient (Wildman–Crippen LogP) is 2.29. The van der Waals surface area contributed by atoms with E-state index in [2.05, 4.69) is 6.92 Å². The Balaban J connectivity index is 2.59. The molecule has 3 nitrogen and oxygen atoms in total. The molecule has 0 unspecified atom stereocenters. The second-order valence-electron chi connectivity index (χ2n) is 3.06. The Morgan fingerprint density at radius 1 is 1.50 bits per heavy atom. The number of carbonyl (C=O) groups is 1. The molecular weight excluding hydrogens is 178 g/mol. The summed E-state index contributed by atoms with van der Waals surface area (Å²) < 4.78 is 5.40. The minimum atomic E-state index is -0.675. The molecule has 14 heavy (non-hydrogen) atoms. The minimum absolute atomic E-state index is 0.374. The number of carbonyl (C=O) groups excluding carboxylic acids is 1. The molecule has 0 aliphatic carbocycles. The Labute approximate surface area is 83.9 Å². The van der Waals surface area contributed by atoms with Gasteiger partial charge in [0.15, 0.2) is 0 Å². The predicted molar refractivity (Wildman–Crippen MR) is 54.3 cm³/mol. The molecule has 0 heterocycles. The van der Waals surface area contributed by atoms with Crippen LogP contribution in [-0.2, 0) is 0 Å². The molecule has 75 valence electrons. The minimum Gasteiger partial charge on any atom is -0.494 e. The van der Waals surface area contributed by atoms with E-state index in [4.69, 9.17) is 10.5 Å². The van der Waals surface area contributed by atoms with Crippen molar-refractivity contribution >= 4 is 5.91 Å². The van der Waals surface area contributed by atoms with Crippen LogP contribution in [0.5, 0.6) is 5.75 Å². The Morgan fingerprint density at radius 2 is 2.29 bits per heavy atom. The molecule has 1 radical (unpaired) electrons. The lowest BCUT2D eigenvalue weighted by molar-refractivity contribution is 0.0991. The molecule has 1 aromatic rings. The molecule has 0 aliphatic rings. The van der Waals surface area contributed by atoms with Crippen molar-refractivity contribution in [2.45, 2.75) is 19.8 Å². The van der Waals surface area contributed by atoms with Gasteiger partial charge in [0.05, 0.1) is 6.61 Å². The van der Waals surface area contributed by atoms with Crippen LogP contribution in [0.2, 0.25) is 0 Å². The number of hydrogen-bond donors (Lipinski definition) is 0. The van der Waals surface area contributed by atoms with E-state index in [1.54, 1.807) is 24.3 Å². The van der Waals surface area contributed by atoms with Crippen LogP contribution in [0, 0.1) is 0 Å². The first-order valence-electron chi connectivity index (χ1n) is 4.73. The summed E-state index contributed by atoms with van der Waals surface area (Å²) in [6, 6.07) is 6.73. The number of amides is 1. The molecule has 0 aromatic heterocycles. The molecule has 3 heteroatoms. The van der Waals surface area contributed by atoms with Gasteiger partial charge in [0.2, 0.25) is 0 Å². The molecule has 0 fully saturated rings. The SMILES string of the molecule is CCCCOc1cccc(C([NH])=O)c1. The van der Waals surface area contributed by atoms with E-state index in [0.29, 0.717) is 17.9 Å². The van der Waals surface area contributed by atoms with Gasteiger partial charge in [-0.15, -0.1) is 0 Å². The maximum atomic E-state index is 10.7. The number of ether oxygens (including phenoxy) is 1. The van der Waals surface area contributed by atoms with E-state index in [0.717, 1.165) is 12.8 Å². The van der Waals surface area contributed by atoms with Crippen molar-refractivity contribution in [1.82, 2.24) is 5.73 Å². The lowest BCUT2D eigenvalue weighted by Gasteiger charge is -2.05. The van der Waals surface area contributed by atoms with E-state index >= 15 is 0 Å². The van der Waals surface area contributed by atoms with Crippen LogP contribution in [0.15, 0.2) is 24.3 Å². The first-order valence-corrected chi connectivity index (χ1v) is 4.73. The zero-order chi connectivity index (χ0) is 10.4. The smallest absolute Gasteiger partial charge is 0.269 e. The number of rotatable bonds is 5. The van der Waals surface area contributed by atoms with Gasteiger partial charge in [0.25, 0.3) is 5.91 Å². The van der Waals surface area contributed by atoms with Crippen LogP contribution in [-0.4, -0.2) is 12.5 Å². The molecule has 1 N–H and O–H groups in total. The van der Waals surface area contributed by atoms with Crippen molar-refractivity contribution < 1.29 is 9.53 Å². The zero-order valence-electron chi connectivity index (χ0n) is 8.25. The van der Waals surface area contributed by atoms with Crippen molar-refractivity contribution in [2.75, 3.05) is 6.61 Å². The van der Waals surface area contributed by atoms with E-state index in [1.807, 2.05) is 0 Å². The Bertz CT molecular complexity index is 310. The van der Waals surface area contributed by atoms with Gasteiger partial charge < -0.3 is 4.74 Å². The Hall–Kier alpha value is -1.51. The molecular formula is C11H14NO2. The second-order valence-corrected chi connectivity index (χ2v) is 3.06. The summed E-state index contributed by atoms with van der Waals surface area (Å²) in [5.74, 6) is -0.0116. The maximum absolute atomic E-state index is 10.7. The second kappa shape index (κ2) is 5.27. The molecule has 1 rings (SSSR count). The standard InChI is InChI=1S/C11H14NO2/c1-2-3-7-14-10-6-4-5-9(8-10)11(12)13/h4-6,8,12H,2-3,7H2,1H3. The lowest BCUT2D eigenvalue weighted by Crippen LogP contribution is -2.01. The van der Waals surface area contributed by atoms with E-state index < -0.39 is 5.91 Å². The third-order valence-corrected chi connectivity index (χ3v) is 1.86. The van der Waals surface area contributed by atoms with Gasteiger partial charge >= 0.3 is 0 Å². The lowest BCUT2D eigenvalue weighted by atomic mass is 10.2. The van der Waals surface area contributed by atoms with Crippen LogP contribution in [0.1, 0.15) is 30.1 Å². The third kappa shape index (κ3) is 3.09. The van der Waals surface area contributed by atoms with Crippen molar-refractivity contribution in [3.63, 3.8) is 0 Å². The van der Waals surface area contributed by atoms with E-state index in [9.17, 15) is 4.79 Å². The average molecular weight is 192 g/mol. The van der Waals surface area contributed by atoms with Crippen LogP contribution >= 0.6 is 0 Å². The Kier molecular flexibility index (Phi) is 3.98. The van der Waals surface area contributed by atoms with Crippen molar-refractivity contribution in [2.24, 2.45) is 0 Å². The molecule has 0 saturated heterocycles. The third-order valence-electron chi connectivity index (χ3n) is 1.86. The fourth-order valence-corrected chi connectivity index (χ4v) is 1.06. The van der Waals surface area contributed by atoms with Gasteiger partial charge in [-0.25, -0.2) is 0 Å². The fourth-order valence-electron chi connectivity index (χ4n) is 1.06. The molecule has 0 atom stereocenters. The highest BCUT2D eigenvalue weighted by Crippen LogP contribution is 2.13. The summed E-state index contributed by atoms with van der Waals surface area (Å²) in [5, 5.41) is 0. The highest BCUT2D eigenvalue weighted by molar-refractivity contribution is 5.92. The highest BCUT2D eigenvalue weighted by Gasteiger charge is 2.01. The quantitative estimate of drug-likeness (QED) is 0.672. The Morgan fingerprint density at radius 3 is 2.93 bits per heavy atom. The molecule has 0 bridgehead atoms. The van der Waals surface area contributed by atoms with Crippen LogP contribution < -0.4 is 10.5 Å². The van der Waals surface area contributed by atoms with E-state index in [1.165, 1.54) is 0 Å². The molecule has 0 saturated carbocycles. The van der Waals surface area contributed by atoms with Gasteiger partial charge in [0, 0.05) is 5.56 Å². The highest BCUT2D eigenvalue weighted by atomic mass is 16.5. The summed E-state index contributed by atoms with van der Waals surface area (Å²) in [6.07, 6.45) is 2.08. The van der Waals surface area contributed by atoms with Crippen molar-refractivity contribution in [3.05, 3.63) is 29.8 Å². The molecule has 1 aromatic carbocycles. The van der Waals surface area contributed by atoms with Crippen LogP contribution in [0.3, 0.4) is 0 Å². The molecule has 0 aliphatic heterocycles. The topological polar surface area (TPSA) is 50.1 Å². The van der Waals surface area contributed by atoms with Crippen LogP contribution in [0.25, 0.3) is 0 Å². The summed E-state index contributed by atoms with van der Waals surface area (Å²) in [5.41, 5.74) is 7.31. The van der Waals surface area contributed by atoms with Gasteiger partial charge in [-0.1, -0.05) is 19.4 Å². The maximum Gasteiger partial charge on any atom is 0.269 e. The number of unbranched alkanes of at least 4 members (excludes halogenated alkanes) is 1. The van der Waals surface area contributed by atoms with Crippen molar-refractivity contribution in [1.29, 1.82) is 0 Å². The van der Waals surface area contributed by atoms with Gasteiger partial charge in [-0.2, -0.15) is 0 Å². The van der Waals surface area contributed by atoms with E-state index in [-0.39, 0.29) is 0 Å². The van der Waals surface area contributed by atoms with Gasteiger partial charge in [-0.3, -0.25) is 10.5 Å². The molecule has 0 spiro atoms. The first kappa shape index (κ1) is 10.6. The number of nitrogens with one attached hydrogen (secondary N) is 1.